The first-order valence-electron chi connectivity index (χ1n) is 3.50. The SMILES string of the molecule is Br[C](Br)CCc1ccccc1. The van der Waals surface area contributed by atoms with E-state index in [0.29, 0.717) is 0 Å². The standard InChI is InChI=1S/C9H9Br2/c10-9(11)7-6-8-4-2-1-3-5-8/h1-5H,6-7H2. The van der Waals surface area contributed by atoms with Crippen molar-refractivity contribution in [2.75, 3.05) is 0 Å². The number of hydrogen-bond donors (Lipinski definition) is 0. The number of rotatable bonds is 3. The molecule has 1 radical (unpaired) electrons. The average Bonchev–Trinajstić information content (AvgIpc) is 2.03. The zero-order valence-corrected chi connectivity index (χ0v) is 9.23. The van der Waals surface area contributed by atoms with Crippen LogP contribution in [-0.4, -0.2) is 0 Å². The van der Waals surface area contributed by atoms with Gasteiger partial charge in [-0.3, -0.25) is 0 Å². The summed E-state index contributed by atoms with van der Waals surface area (Å²) < 4.78 is 1.13. The van der Waals surface area contributed by atoms with Crippen molar-refractivity contribution in [3.63, 3.8) is 0 Å². The molecule has 1 aromatic carbocycles. The van der Waals surface area contributed by atoms with Crippen LogP contribution in [0.15, 0.2) is 30.3 Å². The molecule has 0 aliphatic carbocycles. The average molecular weight is 277 g/mol. The molecule has 0 amide bonds. The molecule has 0 bridgehead atoms. The molecule has 1 aromatic rings. The van der Waals surface area contributed by atoms with Gasteiger partial charge in [-0.1, -0.05) is 62.2 Å². The van der Waals surface area contributed by atoms with Crippen molar-refractivity contribution in [3.8, 4) is 0 Å². The van der Waals surface area contributed by atoms with E-state index in [9.17, 15) is 0 Å². The minimum Gasteiger partial charge on any atom is -0.0702 e. The van der Waals surface area contributed by atoms with Gasteiger partial charge in [-0.15, -0.1) is 0 Å². The van der Waals surface area contributed by atoms with Crippen LogP contribution in [0.5, 0.6) is 0 Å². The second-order valence-corrected chi connectivity index (χ2v) is 5.30. The van der Waals surface area contributed by atoms with E-state index in [1.165, 1.54) is 5.56 Å². The van der Waals surface area contributed by atoms with Crippen molar-refractivity contribution in [1.29, 1.82) is 0 Å². The van der Waals surface area contributed by atoms with Crippen LogP contribution < -0.4 is 0 Å². The molecule has 1 rings (SSSR count). The summed E-state index contributed by atoms with van der Waals surface area (Å²) in [7, 11) is 0. The summed E-state index contributed by atoms with van der Waals surface area (Å²) in [5.74, 6) is 0. The van der Waals surface area contributed by atoms with E-state index < -0.39 is 0 Å². The van der Waals surface area contributed by atoms with Gasteiger partial charge >= 0.3 is 0 Å². The molecule has 0 saturated heterocycles. The van der Waals surface area contributed by atoms with Crippen LogP contribution in [0, 0.1) is 3.74 Å². The maximum Gasteiger partial charge on any atom is 0.106 e. The zero-order chi connectivity index (χ0) is 8.10. The normalized spacial score (nSPS) is 10.5. The Bertz CT molecular complexity index is 194. The molecule has 0 heterocycles. The predicted molar refractivity (Wildman–Crippen MR) is 55.9 cm³/mol. The summed E-state index contributed by atoms with van der Waals surface area (Å²) in [6.07, 6.45) is 2.14. The lowest BCUT2D eigenvalue weighted by atomic mass is 10.1. The van der Waals surface area contributed by atoms with Gasteiger partial charge in [0.15, 0.2) is 0 Å². The third-order valence-corrected chi connectivity index (χ3v) is 2.24. The zero-order valence-electron chi connectivity index (χ0n) is 6.06. The molecule has 0 atom stereocenters. The summed E-state index contributed by atoms with van der Waals surface area (Å²) in [5, 5.41) is 0. The second kappa shape index (κ2) is 4.94. The largest absolute Gasteiger partial charge is 0.106 e. The number of aryl methyl sites for hydroxylation is 1. The van der Waals surface area contributed by atoms with E-state index >= 15 is 0 Å². The third kappa shape index (κ3) is 3.92. The highest BCUT2D eigenvalue weighted by Crippen LogP contribution is 2.24. The lowest BCUT2D eigenvalue weighted by molar-refractivity contribution is 0.979. The van der Waals surface area contributed by atoms with Gasteiger partial charge in [0.1, 0.15) is 3.74 Å². The smallest absolute Gasteiger partial charge is 0.0702 e. The Labute approximate surface area is 84.3 Å². The van der Waals surface area contributed by atoms with Gasteiger partial charge in [0.25, 0.3) is 0 Å². The van der Waals surface area contributed by atoms with Gasteiger partial charge < -0.3 is 0 Å². The van der Waals surface area contributed by atoms with Crippen LogP contribution in [0.3, 0.4) is 0 Å². The number of hydrogen-bond acceptors (Lipinski definition) is 0. The maximum atomic E-state index is 3.37. The van der Waals surface area contributed by atoms with Crippen molar-refractivity contribution in [3.05, 3.63) is 39.6 Å². The minimum atomic E-state index is 1.05. The monoisotopic (exact) mass is 275 g/mol. The van der Waals surface area contributed by atoms with E-state index in [2.05, 4.69) is 56.1 Å². The van der Waals surface area contributed by atoms with Crippen LogP contribution in [0.4, 0.5) is 0 Å². The van der Waals surface area contributed by atoms with E-state index in [0.717, 1.165) is 16.6 Å². The van der Waals surface area contributed by atoms with Crippen molar-refractivity contribution >= 4 is 31.9 Å². The van der Waals surface area contributed by atoms with E-state index in [-0.39, 0.29) is 0 Å². The highest BCUT2D eigenvalue weighted by atomic mass is 79.9. The Morgan fingerprint density at radius 2 is 1.73 bits per heavy atom. The van der Waals surface area contributed by atoms with Gasteiger partial charge in [0, 0.05) is 0 Å². The van der Waals surface area contributed by atoms with E-state index in [1.807, 2.05) is 6.07 Å². The molecule has 59 valence electrons. The first-order valence-corrected chi connectivity index (χ1v) is 5.08. The summed E-state index contributed by atoms with van der Waals surface area (Å²) in [6.45, 7) is 0. The molecule has 2 heteroatoms. The Hall–Kier alpha value is 0.180. The fourth-order valence-electron chi connectivity index (χ4n) is 0.884. The highest BCUT2D eigenvalue weighted by molar-refractivity contribution is 9.27. The molecular weight excluding hydrogens is 268 g/mol. The summed E-state index contributed by atoms with van der Waals surface area (Å²) in [5.41, 5.74) is 1.38. The van der Waals surface area contributed by atoms with Gasteiger partial charge in [-0.05, 0) is 18.4 Å². The van der Waals surface area contributed by atoms with Crippen molar-refractivity contribution in [2.24, 2.45) is 0 Å². The van der Waals surface area contributed by atoms with Gasteiger partial charge in [-0.2, -0.15) is 0 Å². The molecule has 0 unspecified atom stereocenters. The van der Waals surface area contributed by atoms with Crippen molar-refractivity contribution in [2.45, 2.75) is 12.8 Å². The van der Waals surface area contributed by atoms with Crippen LogP contribution >= 0.6 is 31.9 Å². The first kappa shape index (κ1) is 9.27. The van der Waals surface area contributed by atoms with Crippen LogP contribution in [0.1, 0.15) is 12.0 Å². The Balaban J connectivity index is 2.39. The molecule has 0 spiro atoms. The number of benzene rings is 1. The molecule has 0 aliphatic heterocycles. The van der Waals surface area contributed by atoms with Crippen molar-refractivity contribution < 1.29 is 0 Å². The Morgan fingerprint density at radius 3 is 2.27 bits per heavy atom. The topological polar surface area (TPSA) is 0 Å². The molecule has 0 N–H and O–H groups in total. The van der Waals surface area contributed by atoms with Crippen LogP contribution in [0.25, 0.3) is 0 Å². The van der Waals surface area contributed by atoms with E-state index in [1.54, 1.807) is 0 Å². The molecule has 0 aliphatic rings. The molecule has 11 heavy (non-hydrogen) atoms. The minimum absolute atomic E-state index is 1.05. The van der Waals surface area contributed by atoms with Gasteiger partial charge in [0.05, 0.1) is 0 Å². The second-order valence-electron chi connectivity index (χ2n) is 2.32. The Morgan fingerprint density at radius 1 is 1.09 bits per heavy atom. The quantitative estimate of drug-likeness (QED) is 0.786. The summed E-state index contributed by atoms with van der Waals surface area (Å²) in [4.78, 5) is 0. The molecule has 0 aromatic heterocycles. The van der Waals surface area contributed by atoms with Crippen molar-refractivity contribution in [1.82, 2.24) is 0 Å². The molecule has 0 nitrogen and oxygen atoms in total. The fraction of sp³-hybridized carbons (Fsp3) is 0.222. The lowest BCUT2D eigenvalue weighted by Crippen LogP contribution is -1.84. The summed E-state index contributed by atoms with van der Waals surface area (Å²) >= 11 is 6.73. The third-order valence-electron chi connectivity index (χ3n) is 1.45. The maximum absolute atomic E-state index is 3.37. The van der Waals surface area contributed by atoms with Gasteiger partial charge in [0.2, 0.25) is 0 Å². The summed E-state index contributed by atoms with van der Waals surface area (Å²) in [6, 6.07) is 10.5. The highest BCUT2D eigenvalue weighted by Gasteiger charge is 1.98. The molecule has 0 fully saturated rings. The van der Waals surface area contributed by atoms with Gasteiger partial charge in [-0.25, -0.2) is 0 Å². The lowest BCUT2D eigenvalue weighted by Gasteiger charge is -1.99. The fourth-order valence-corrected chi connectivity index (χ4v) is 1.28. The van der Waals surface area contributed by atoms with Crippen LogP contribution in [0.2, 0.25) is 0 Å². The van der Waals surface area contributed by atoms with Crippen LogP contribution in [-0.2, 0) is 6.42 Å². The predicted octanol–water partition coefficient (Wildman–Crippen LogP) is 3.90. The first-order chi connectivity index (χ1) is 5.29. The molecule has 0 saturated carbocycles. The molecular formula is C9H9Br2. The number of halogens is 2. The Kier molecular flexibility index (Phi) is 4.16. The van der Waals surface area contributed by atoms with E-state index in [4.69, 9.17) is 0 Å².